The number of nitrogens with one attached hydrogen (secondary N) is 1. The Morgan fingerprint density at radius 3 is 2.43 bits per heavy atom. The summed E-state index contributed by atoms with van der Waals surface area (Å²) in [6, 6.07) is 12.5. The number of nitrogens with zero attached hydrogens (tertiary/aromatic N) is 1. The minimum Gasteiger partial charge on any atom is -0.493 e. The number of hydrogen-bond donors (Lipinski definition) is 1. The molecule has 1 saturated heterocycles. The first-order valence-corrected chi connectivity index (χ1v) is 9.27. The molecule has 0 bridgehead atoms. The second-order valence-corrected chi connectivity index (χ2v) is 6.70. The van der Waals surface area contributed by atoms with Gasteiger partial charge in [-0.1, -0.05) is 30.3 Å². The summed E-state index contributed by atoms with van der Waals surface area (Å²) in [6.45, 7) is 0.452. The SMILES string of the molecule is COc1cccc(C(=O)NCc2ccc(CN3CCCC3)cc2)c1OC(F)F. The average molecular weight is 390 g/mol. The molecule has 0 spiro atoms. The van der Waals surface area contributed by atoms with Gasteiger partial charge >= 0.3 is 6.61 Å². The molecule has 1 N–H and O–H groups in total. The standard InChI is InChI=1S/C21H24F2N2O3/c1-27-18-6-4-5-17(19(18)28-21(22)23)20(26)24-13-15-7-9-16(10-8-15)14-25-11-2-3-12-25/h4-10,21H,2-3,11-14H2,1H3,(H,24,26). The van der Waals surface area contributed by atoms with E-state index in [0.29, 0.717) is 0 Å². The number of para-hydroxylation sites is 1. The highest BCUT2D eigenvalue weighted by Gasteiger charge is 2.20. The summed E-state index contributed by atoms with van der Waals surface area (Å²) in [5, 5.41) is 2.74. The third kappa shape index (κ3) is 5.19. The molecule has 0 saturated carbocycles. The summed E-state index contributed by atoms with van der Waals surface area (Å²) >= 11 is 0. The number of alkyl halides is 2. The number of rotatable bonds is 8. The number of methoxy groups -OCH3 is 1. The van der Waals surface area contributed by atoms with E-state index in [1.165, 1.54) is 37.6 Å². The number of carbonyl (C=O) groups is 1. The number of halogens is 2. The fourth-order valence-electron chi connectivity index (χ4n) is 3.31. The molecule has 1 heterocycles. The molecule has 28 heavy (non-hydrogen) atoms. The van der Waals surface area contributed by atoms with E-state index in [1.54, 1.807) is 6.07 Å². The normalized spacial score (nSPS) is 14.3. The maximum absolute atomic E-state index is 12.7. The molecule has 5 nitrogen and oxygen atoms in total. The lowest BCUT2D eigenvalue weighted by molar-refractivity contribution is -0.0515. The van der Waals surface area contributed by atoms with Crippen LogP contribution in [0, 0.1) is 0 Å². The maximum Gasteiger partial charge on any atom is 0.387 e. The summed E-state index contributed by atoms with van der Waals surface area (Å²) in [4.78, 5) is 14.9. The fourth-order valence-corrected chi connectivity index (χ4v) is 3.31. The van der Waals surface area contributed by atoms with Crippen LogP contribution < -0.4 is 14.8 Å². The van der Waals surface area contributed by atoms with Crippen molar-refractivity contribution in [3.8, 4) is 11.5 Å². The second kappa shape index (κ2) is 9.50. The first kappa shape index (κ1) is 20.1. The van der Waals surface area contributed by atoms with Crippen molar-refractivity contribution in [2.45, 2.75) is 32.5 Å². The molecular weight excluding hydrogens is 366 g/mol. The van der Waals surface area contributed by atoms with Crippen LogP contribution in [0.4, 0.5) is 8.78 Å². The average Bonchev–Trinajstić information content (AvgIpc) is 3.20. The van der Waals surface area contributed by atoms with Gasteiger partial charge < -0.3 is 14.8 Å². The van der Waals surface area contributed by atoms with Gasteiger partial charge in [-0.25, -0.2) is 0 Å². The number of hydrogen-bond acceptors (Lipinski definition) is 4. The lowest BCUT2D eigenvalue weighted by Crippen LogP contribution is -2.24. The van der Waals surface area contributed by atoms with E-state index in [9.17, 15) is 13.6 Å². The molecule has 0 aliphatic carbocycles. The van der Waals surface area contributed by atoms with E-state index in [4.69, 9.17) is 4.74 Å². The molecule has 0 atom stereocenters. The van der Waals surface area contributed by atoms with E-state index in [-0.39, 0.29) is 23.6 Å². The molecule has 1 amide bonds. The van der Waals surface area contributed by atoms with Gasteiger partial charge in [0.05, 0.1) is 12.7 Å². The van der Waals surface area contributed by atoms with Gasteiger partial charge in [0.15, 0.2) is 11.5 Å². The van der Waals surface area contributed by atoms with Crippen molar-refractivity contribution in [2.75, 3.05) is 20.2 Å². The van der Waals surface area contributed by atoms with E-state index in [0.717, 1.165) is 25.2 Å². The molecule has 0 radical (unpaired) electrons. The van der Waals surface area contributed by atoms with Crippen LogP contribution >= 0.6 is 0 Å². The van der Waals surface area contributed by atoms with Crippen LogP contribution in [-0.4, -0.2) is 37.6 Å². The lowest BCUT2D eigenvalue weighted by atomic mass is 10.1. The van der Waals surface area contributed by atoms with E-state index in [2.05, 4.69) is 27.1 Å². The van der Waals surface area contributed by atoms with Gasteiger partial charge in [0.2, 0.25) is 0 Å². The Morgan fingerprint density at radius 1 is 1.11 bits per heavy atom. The first-order valence-electron chi connectivity index (χ1n) is 9.27. The highest BCUT2D eigenvalue weighted by molar-refractivity contribution is 5.97. The molecule has 150 valence electrons. The molecular formula is C21H24F2N2O3. The van der Waals surface area contributed by atoms with Crippen LogP contribution in [-0.2, 0) is 13.1 Å². The van der Waals surface area contributed by atoms with Crippen molar-refractivity contribution >= 4 is 5.91 Å². The van der Waals surface area contributed by atoms with Crippen LogP contribution in [0.5, 0.6) is 11.5 Å². The zero-order chi connectivity index (χ0) is 19.9. The summed E-state index contributed by atoms with van der Waals surface area (Å²) in [5.74, 6) is -0.687. The monoisotopic (exact) mass is 390 g/mol. The number of ether oxygens (including phenoxy) is 2. The Bertz CT molecular complexity index is 791. The topological polar surface area (TPSA) is 50.8 Å². The van der Waals surface area contributed by atoms with Gasteiger partial charge in [0, 0.05) is 13.1 Å². The zero-order valence-electron chi connectivity index (χ0n) is 15.8. The highest BCUT2D eigenvalue weighted by atomic mass is 19.3. The van der Waals surface area contributed by atoms with Crippen LogP contribution in [0.25, 0.3) is 0 Å². The number of amides is 1. The molecule has 3 rings (SSSR count). The minimum absolute atomic E-state index is 0.00491. The predicted octanol–water partition coefficient (Wildman–Crippen LogP) is 3.82. The van der Waals surface area contributed by atoms with Crippen molar-refractivity contribution in [1.82, 2.24) is 10.2 Å². The highest BCUT2D eigenvalue weighted by Crippen LogP contribution is 2.32. The van der Waals surface area contributed by atoms with Crippen molar-refractivity contribution in [3.63, 3.8) is 0 Å². The van der Waals surface area contributed by atoms with E-state index < -0.39 is 12.5 Å². The van der Waals surface area contributed by atoms with Crippen molar-refractivity contribution in [3.05, 3.63) is 59.2 Å². The van der Waals surface area contributed by atoms with E-state index in [1.807, 2.05) is 12.1 Å². The Morgan fingerprint density at radius 2 is 1.79 bits per heavy atom. The molecule has 1 aliphatic heterocycles. The van der Waals surface area contributed by atoms with Gasteiger partial charge in [-0.2, -0.15) is 8.78 Å². The number of benzene rings is 2. The number of carbonyl (C=O) groups excluding carboxylic acids is 1. The van der Waals surface area contributed by atoms with Crippen molar-refractivity contribution in [2.24, 2.45) is 0 Å². The van der Waals surface area contributed by atoms with Gasteiger partial charge in [-0.05, 0) is 49.2 Å². The Labute approximate surface area is 163 Å². The molecule has 1 fully saturated rings. The maximum atomic E-state index is 12.7. The Balaban J connectivity index is 1.62. The van der Waals surface area contributed by atoms with Gasteiger partial charge in [-0.3, -0.25) is 9.69 Å². The first-order chi connectivity index (χ1) is 13.6. The Kier molecular flexibility index (Phi) is 6.81. The van der Waals surface area contributed by atoms with Crippen LogP contribution in [0.3, 0.4) is 0 Å². The van der Waals surface area contributed by atoms with Crippen LogP contribution in [0.1, 0.15) is 34.3 Å². The molecule has 2 aromatic rings. The molecule has 7 heteroatoms. The predicted molar refractivity (Wildman–Crippen MR) is 102 cm³/mol. The van der Waals surface area contributed by atoms with Gasteiger partial charge in [0.1, 0.15) is 0 Å². The van der Waals surface area contributed by atoms with Crippen LogP contribution in [0.15, 0.2) is 42.5 Å². The van der Waals surface area contributed by atoms with Gasteiger partial charge in [-0.15, -0.1) is 0 Å². The lowest BCUT2D eigenvalue weighted by Gasteiger charge is -2.15. The summed E-state index contributed by atoms with van der Waals surface area (Å²) < 4.78 is 34.9. The minimum atomic E-state index is -3.05. The second-order valence-electron chi connectivity index (χ2n) is 6.70. The van der Waals surface area contributed by atoms with Crippen LogP contribution in [0.2, 0.25) is 0 Å². The fraction of sp³-hybridized carbons (Fsp3) is 0.381. The Hall–Kier alpha value is -2.67. The van der Waals surface area contributed by atoms with Crippen molar-refractivity contribution < 1.29 is 23.0 Å². The third-order valence-corrected chi connectivity index (χ3v) is 4.73. The van der Waals surface area contributed by atoms with E-state index >= 15 is 0 Å². The summed E-state index contributed by atoms with van der Waals surface area (Å²) in [7, 11) is 1.33. The molecule has 0 unspecified atom stereocenters. The smallest absolute Gasteiger partial charge is 0.387 e. The third-order valence-electron chi connectivity index (χ3n) is 4.73. The largest absolute Gasteiger partial charge is 0.493 e. The number of likely N-dealkylation sites (tertiary alicyclic amines) is 1. The summed E-state index contributed by atoms with van der Waals surface area (Å²) in [6.07, 6.45) is 2.51. The molecule has 1 aliphatic rings. The van der Waals surface area contributed by atoms with Crippen molar-refractivity contribution in [1.29, 1.82) is 0 Å². The molecule has 0 aromatic heterocycles. The summed E-state index contributed by atoms with van der Waals surface area (Å²) in [5.41, 5.74) is 2.17. The molecule has 2 aromatic carbocycles. The quantitative estimate of drug-likeness (QED) is 0.745. The van der Waals surface area contributed by atoms with Gasteiger partial charge in [0.25, 0.3) is 5.91 Å². The zero-order valence-corrected chi connectivity index (χ0v) is 15.8.